The molecular formula is C23H19F4N5O3. The van der Waals surface area contributed by atoms with E-state index in [0.29, 0.717) is 28.0 Å². The summed E-state index contributed by atoms with van der Waals surface area (Å²) in [4.78, 5) is 23.8. The Balaban J connectivity index is 0.00000108. The van der Waals surface area contributed by atoms with Crippen molar-refractivity contribution in [2.75, 3.05) is 12.4 Å². The van der Waals surface area contributed by atoms with E-state index in [2.05, 4.69) is 25.3 Å². The molecule has 0 unspecified atom stereocenters. The van der Waals surface area contributed by atoms with Gasteiger partial charge in [0.2, 0.25) is 5.82 Å². The first kappa shape index (κ1) is 25.3. The van der Waals surface area contributed by atoms with Gasteiger partial charge in [0.1, 0.15) is 29.2 Å². The van der Waals surface area contributed by atoms with Gasteiger partial charge in [0.15, 0.2) is 0 Å². The molecule has 0 fully saturated rings. The fraction of sp³-hybridized carbons (Fsp3) is 0.174. The Morgan fingerprint density at radius 1 is 1.03 bits per heavy atom. The van der Waals surface area contributed by atoms with Crippen LogP contribution in [0.2, 0.25) is 0 Å². The third-order valence-corrected chi connectivity index (χ3v) is 4.88. The number of methoxy groups -OCH3 is 1. The van der Waals surface area contributed by atoms with Crippen molar-refractivity contribution in [2.24, 2.45) is 0 Å². The minimum Gasteiger partial charge on any atom is -0.494 e. The average molecular weight is 489 g/mol. The molecule has 0 aliphatic carbocycles. The first-order valence-electron chi connectivity index (χ1n) is 10.00. The van der Waals surface area contributed by atoms with E-state index in [1.54, 1.807) is 25.1 Å². The van der Waals surface area contributed by atoms with Crippen molar-refractivity contribution in [1.29, 1.82) is 0 Å². The highest BCUT2D eigenvalue weighted by Crippen LogP contribution is 2.35. The van der Waals surface area contributed by atoms with E-state index in [0.717, 1.165) is 23.5 Å². The summed E-state index contributed by atoms with van der Waals surface area (Å²) in [6.07, 6.45) is -0.991. The Bertz CT molecular complexity index is 1300. The van der Waals surface area contributed by atoms with Crippen LogP contribution in [-0.4, -0.2) is 38.6 Å². The second kappa shape index (κ2) is 10.7. The second-order valence-corrected chi connectivity index (χ2v) is 7.11. The molecule has 0 bridgehead atoms. The largest absolute Gasteiger partial charge is 0.494 e. The second-order valence-electron chi connectivity index (χ2n) is 7.11. The molecule has 0 amide bonds. The van der Waals surface area contributed by atoms with Crippen LogP contribution in [-0.2, 0) is 11.0 Å². The van der Waals surface area contributed by atoms with Gasteiger partial charge in [-0.2, -0.15) is 13.2 Å². The van der Waals surface area contributed by atoms with Gasteiger partial charge in [0, 0.05) is 23.3 Å². The first-order chi connectivity index (χ1) is 16.7. The quantitative estimate of drug-likeness (QED) is 0.293. The summed E-state index contributed by atoms with van der Waals surface area (Å²) in [5.74, 6) is -0.600. The molecule has 8 nitrogen and oxygen atoms in total. The molecule has 0 saturated carbocycles. The van der Waals surface area contributed by atoms with Gasteiger partial charge in [-0.1, -0.05) is 12.1 Å². The summed E-state index contributed by atoms with van der Waals surface area (Å²) in [5, 5.41) is 10.7. The molecule has 0 saturated heterocycles. The minimum absolute atomic E-state index is 0.250. The van der Waals surface area contributed by atoms with Crippen LogP contribution in [0.4, 0.5) is 23.4 Å². The zero-order chi connectivity index (χ0) is 25.6. The minimum atomic E-state index is -4.61. The van der Waals surface area contributed by atoms with Crippen molar-refractivity contribution in [3.8, 4) is 16.9 Å². The lowest BCUT2D eigenvalue weighted by molar-refractivity contribution is -0.145. The number of carboxylic acid groups (broad SMARTS) is 1. The number of rotatable bonds is 5. The van der Waals surface area contributed by atoms with E-state index < -0.39 is 18.0 Å². The van der Waals surface area contributed by atoms with Crippen molar-refractivity contribution < 1.29 is 32.2 Å². The highest BCUT2D eigenvalue weighted by molar-refractivity contribution is 5.96. The van der Waals surface area contributed by atoms with Gasteiger partial charge in [-0.25, -0.2) is 24.3 Å². The van der Waals surface area contributed by atoms with Crippen molar-refractivity contribution in [1.82, 2.24) is 19.9 Å². The van der Waals surface area contributed by atoms with Crippen LogP contribution in [0.3, 0.4) is 0 Å². The highest BCUT2D eigenvalue weighted by atomic mass is 19.4. The third-order valence-electron chi connectivity index (χ3n) is 4.88. The topological polar surface area (TPSA) is 110 Å². The number of nitrogens with zero attached hydrogens (tertiary/aromatic N) is 4. The van der Waals surface area contributed by atoms with Gasteiger partial charge in [-0.05, 0) is 42.3 Å². The van der Waals surface area contributed by atoms with Crippen LogP contribution in [0.25, 0.3) is 22.0 Å². The average Bonchev–Trinajstić information content (AvgIpc) is 2.84. The number of anilines is 1. The number of hydrogen-bond donors (Lipinski definition) is 2. The maximum Gasteiger partial charge on any atom is 0.451 e. The molecule has 0 aliphatic rings. The zero-order valence-electron chi connectivity index (χ0n) is 18.4. The Kier molecular flexibility index (Phi) is 7.74. The highest BCUT2D eigenvalue weighted by Gasteiger charge is 2.34. The molecule has 0 spiro atoms. The molecule has 0 radical (unpaired) electrons. The molecular weight excluding hydrogens is 470 g/mol. The number of alkyl halides is 3. The van der Waals surface area contributed by atoms with E-state index in [-0.39, 0.29) is 12.3 Å². The molecule has 182 valence electrons. The number of fused-ring (bicyclic) bond motifs is 1. The van der Waals surface area contributed by atoms with E-state index in [1.807, 2.05) is 6.07 Å². The fourth-order valence-corrected chi connectivity index (χ4v) is 3.21. The van der Waals surface area contributed by atoms with Crippen molar-refractivity contribution >= 4 is 23.2 Å². The number of aromatic nitrogens is 4. The van der Waals surface area contributed by atoms with Crippen LogP contribution in [0, 0.1) is 5.82 Å². The summed E-state index contributed by atoms with van der Waals surface area (Å²) in [5.41, 5.74) is 2.53. The molecule has 2 aromatic carbocycles. The van der Waals surface area contributed by atoms with E-state index >= 15 is 0 Å². The van der Waals surface area contributed by atoms with Gasteiger partial charge in [-0.15, -0.1) is 0 Å². The fourth-order valence-electron chi connectivity index (χ4n) is 3.21. The standard InChI is InChI=1S/C22H17F4N5O.CH2O2/c1-12(15-9-27-21(28-10-15)22(24,25)26)31-20-17-7-14(13-3-5-16(23)6-4-13)8-18(32-2)19(17)29-11-30-20;2-1-3/h3-12H,1-2H3,(H,29,30,31);1H,(H,2,3)/t12-;/m0./s1. The Labute approximate surface area is 196 Å². The number of nitrogens with one attached hydrogen (secondary N) is 1. The Morgan fingerprint density at radius 2 is 1.66 bits per heavy atom. The summed E-state index contributed by atoms with van der Waals surface area (Å²) < 4.78 is 57.0. The lowest BCUT2D eigenvalue weighted by Gasteiger charge is -2.17. The molecule has 1 atom stereocenters. The summed E-state index contributed by atoms with van der Waals surface area (Å²) >= 11 is 0. The van der Waals surface area contributed by atoms with Crippen LogP contribution >= 0.6 is 0 Å². The number of carbonyl (C=O) groups is 1. The number of hydrogen-bond acceptors (Lipinski definition) is 7. The molecule has 35 heavy (non-hydrogen) atoms. The van der Waals surface area contributed by atoms with Crippen LogP contribution < -0.4 is 10.1 Å². The van der Waals surface area contributed by atoms with Gasteiger partial charge in [0.05, 0.1) is 13.2 Å². The number of halogens is 4. The smallest absolute Gasteiger partial charge is 0.451 e. The molecule has 2 N–H and O–H groups in total. The zero-order valence-corrected chi connectivity index (χ0v) is 18.4. The summed E-state index contributed by atoms with van der Waals surface area (Å²) in [7, 11) is 1.51. The van der Waals surface area contributed by atoms with Gasteiger partial charge < -0.3 is 15.2 Å². The van der Waals surface area contributed by atoms with Crippen LogP contribution in [0.15, 0.2) is 55.1 Å². The van der Waals surface area contributed by atoms with Crippen molar-refractivity contribution in [2.45, 2.75) is 19.1 Å². The Morgan fingerprint density at radius 3 is 2.23 bits per heavy atom. The lowest BCUT2D eigenvalue weighted by Crippen LogP contribution is -2.14. The number of benzene rings is 2. The third kappa shape index (κ3) is 5.96. The predicted octanol–water partition coefficient (Wildman–Crippen LogP) is 5.13. The van der Waals surface area contributed by atoms with E-state index in [9.17, 15) is 17.6 Å². The lowest BCUT2D eigenvalue weighted by atomic mass is 10.0. The predicted molar refractivity (Wildman–Crippen MR) is 119 cm³/mol. The molecule has 2 heterocycles. The molecule has 2 aromatic heterocycles. The molecule has 12 heteroatoms. The summed E-state index contributed by atoms with van der Waals surface area (Å²) in [6, 6.07) is 9.20. The van der Waals surface area contributed by atoms with Crippen LogP contribution in [0.1, 0.15) is 24.4 Å². The van der Waals surface area contributed by atoms with Crippen LogP contribution in [0.5, 0.6) is 5.75 Å². The maximum absolute atomic E-state index is 13.3. The first-order valence-corrected chi connectivity index (χ1v) is 10.00. The monoisotopic (exact) mass is 489 g/mol. The molecule has 4 rings (SSSR count). The Hall–Kier alpha value is -4.35. The molecule has 0 aliphatic heterocycles. The van der Waals surface area contributed by atoms with Crippen molar-refractivity contribution in [3.05, 3.63) is 72.3 Å². The van der Waals surface area contributed by atoms with Gasteiger partial charge in [0.25, 0.3) is 6.47 Å². The van der Waals surface area contributed by atoms with E-state index in [4.69, 9.17) is 14.6 Å². The number of ether oxygens (including phenoxy) is 1. The van der Waals surface area contributed by atoms with Gasteiger partial charge >= 0.3 is 6.18 Å². The van der Waals surface area contributed by atoms with Crippen molar-refractivity contribution in [3.63, 3.8) is 0 Å². The SMILES string of the molecule is COc1cc(-c2ccc(F)cc2)cc2c(N[C@@H](C)c3cnc(C(F)(F)F)nc3)ncnc12.O=CO. The molecule has 4 aromatic rings. The normalized spacial score (nSPS) is 11.8. The summed E-state index contributed by atoms with van der Waals surface area (Å²) in [6.45, 7) is 1.50. The van der Waals surface area contributed by atoms with Gasteiger partial charge in [-0.3, -0.25) is 4.79 Å². The van der Waals surface area contributed by atoms with E-state index in [1.165, 1.54) is 25.6 Å². The maximum atomic E-state index is 13.3.